The number of amides is 1. The first-order valence-corrected chi connectivity index (χ1v) is 10.5. The van der Waals surface area contributed by atoms with E-state index in [4.69, 9.17) is 0 Å². The van der Waals surface area contributed by atoms with Crippen LogP contribution >= 0.6 is 11.3 Å². The van der Waals surface area contributed by atoms with Crippen LogP contribution in [0.25, 0.3) is 0 Å². The number of nitrogens with one attached hydrogen (secondary N) is 2. The highest BCUT2D eigenvalue weighted by atomic mass is 32.2. The Morgan fingerprint density at radius 1 is 1.12 bits per heavy atom. The molecule has 0 spiro atoms. The quantitative estimate of drug-likeness (QED) is 0.736. The SMILES string of the molecule is CC(=O)NCc1ccc(S(=O)(=O)N[C@H](CC(C)C)c2ccccc2)s1. The Morgan fingerprint density at radius 2 is 1.80 bits per heavy atom. The first kappa shape index (κ1) is 19.6. The molecule has 1 amide bonds. The molecule has 1 atom stereocenters. The van der Waals surface area contributed by atoms with Crippen LogP contribution in [0.2, 0.25) is 0 Å². The minimum atomic E-state index is -3.62. The van der Waals surface area contributed by atoms with Crippen LogP contribution < -0.4 is 10.0 Å². The van der Waals surface area contributed by atoms with E-state index in [1.165, 1.54) is 18.3 Å². The maximum Gasteiger partial charge on any atom is 0.250 e. The Bertz CT molecular complexity index is 799. The summed E-state index contributed by atoms with van der Waals surface area (Å²) in [5.74, 6) is 0.212. The second-order valence-electron chi connectivity index (χ2n) is 6.34. The molecule has 0 unspecified atom stereocenters. The summed E-state index contributed by atoms with van der Waals surface area (Å²) < 4.78 is 28.6. The van der Waals surface area contributed by atoms with Gasteiger partial charge in [0.2, 0.25) is 5.91 Å². The largest absolute Gasteiger partial charge is 0.351 e. The molecule has 2 rings (SSSR count). The fraction of sp³-hybridized carbons (Fsp3) is 0.389. The standard InChI is InChI=1S/C18H24N2O3S2/c1-13(2)11-17(15-7-5-4-6-8-15)20-25(22,23)18-10-9-16(24-18)12-19-14(3)21/h4-10,13,17,20H,11-12H2,1-3H3,(H,19,21)/t17-/m1/s1. The number of rotatable bonds is 8. The van der Waals surface area contributed by atoms with E-state index in [1.54, 1.807) is 12.1 Å². The molecule has 7 heteroatoms. The number of thiophene rings is 1. The van der Waals surface area contributed by atoms with Gasteiger partial charge in [-0.3, -0.25) is 4.79 Å². The van der Waals surface area contributed by atoms with Gasteiger partial charge in [-0.1, -0.05) is 44.2 Å². The van der Waals surface area contributed by atoms with Crippen molar-refractivity contribution in [2.75, 3.05) is 0 Å². The van der Waals surface area contributed by atoms with E-state index in [2.05, 4.69) is 23.9 Å². The van der Waals surface area contributed by atoms with Crippen LogP contribution in [0.15, 0.2) is 46.7 Å². The van der Waals surface area contributed by atoms with Gasteiger partial charge in [-0.05, 0) is 30.0 Å². The monoisotopic (exact) mass is 380 g/mol. The predicted molar refractivity (Wildman–Crippen MR) is 101 cm³/mol. The van der Waals surface area contributed by atoms with Crippen molar-refractivity contribution in [3.05, 3.63) is 52.9 Å². The molecule has 0 saturated heterocycles. The Hall–Kier alpha value is -1.70. The van der Waals surface area contributed by atoms with E-state index in [9.17, 15) is 13.2 Å². The molecule has 0 saturated carbocycles. The summed E-state index contributed by atoms with van der Waals surface area (Å²) >= 11 is 1.17. The summed E-state index contributed by atoms with van der Waals surface area (Å²) in [6.07, 6.45) is 0.716. The van der Waals surface area contributed by atoms with Gasteiger partial charge < -0.3 is 5.32 Å². The van der Waals surface area contributed by atoms with Crippen molar-refractivity contribution in [1.29, 1.82) is 0 Å². The molecule has 1 heterocycles. The van der Waals surface area contributed by atoms with E-state index in [1.807, 2.05) is 30.3 Å². The average Bonchev–Trinajstić information content (AvgIpc) is 3.02. The minimum absolute atomic E-state index is 0.142. The third-order valence-electron chi connectivity index (χ3n) is 3.62. The van der Waals surface area contributed by atoms with Gasteiger partial charge in [0, 0.05) is 17.8 Å². The van der Waals surface area contributed by atoms with Crippen molar-refractivity contribution in [2.45, 2.75) is 44.0 Å². The molecule has 1 aromatic heterocycles. The van der Waals surface area contributed by atoms with Gasteiger partial charge in [0.15, 0.2) is 0 Å². The molecule has 2 aromatic rings. The van der Waals surface area contributed by atoms with Gasteiger partial charge in [0.25, 0.3) is 10.0 Å². The van der Waals surface area contributed by atoms with Crippen molar-refractivity contribution in [2.24, 2.45) is 5.92 Å². The van der Waals surface area contributed by atoms with Crippen molar-refractivity contribution >= 4 is 27.3 Å². The summed E-state index contributed by atoms with van der Waals surface area (Å²) in [6, 6.07) is 12.7. The van der Waals surface area contributed by atoms with Gasteiger partial charge >= 0.3 is 0 Å². The highest BCUT2D eigenvalue weighted by molar-refractivity contribution is 7.91. The van der Waals surface area contributed by atoms with Gasteiger partial charge in [-0.25, -0.2) is 13.1 Å². The lowest BCUT2D eigenvalue weighted by Crippen LogP contribution is -2.29. The maximum atomic E-state index is 12.8. The van der Waals surface area contributed by atoms with Crippen molar-refractivity contribution in [3.63, 3.8) is 0 Å². The summed E-state index contributed by atoms with van der Waals surface area (Å²) in [7, 11) is -3.62. The van der Waals surface area contributed by atoms with Crippen LogP contribution in [0.4, 0.5) is 0 Å². The summed E-state index contributed by atoms with van der Waals surface area (Å²) in [5.41, 5.74) is 0.954. The molecule has 25 heavy (non-hydrogen) atoms. The van der Waals surface area contributed by atoms with Gasteiger partial charge in [-0.15, -0.1) is 11.3 Å². The molecule has 136 valence electrons. The normalized spacial score (nSPS) is 13.0. The van der Waals surface area contributed by atoms with Gasteiger partial charge in [0.05, 0.1) is 6.54 Å². The Kier molecular flexibility index (Phi) is 6.75. The third kappa shape index (κ3) is 5.95. The number of sulfonamides is 1. The molecular formula is C18H24N2O3S2. The summed E-state index contributed by atoms with van der Waals surface area (Å²) in [6.45, 7) is 5.91. The molecular weight excluding hydrogens is 356 g/mol. The molecule has 0 bridgehead atoms. The van der Waals surface area contributed by atoms with Crippen LogP contribution in [0.3, 0.4) is 0 Å². The van der Waals surface area contributed by atoms with Crippen LogP contribution in [0, 0.1) is 5.92 Å². The zero-order valence-corrected chi connectivity index (χ0v) is 16.3. The van der Waals surface area contributed by atoms with E-state index in [-0.39, 0.29) is 16.2 Å². The molecule has 5 nitrogen and oxygen atoms in total. The third-order valence-corrected chi connectivity index (χ3v) is 6.67. The fourth-order valence-corrected chi connectivity index (χ4v) is 5.01. The van der Waals surface area contributed by atoms with E-state index < -0.39 is 10.0 Å². The van der Waals surface area contributed by atoms with Crippen LogP contribution in [-0.4, -0.2) is 14.3 Å². The molecule has 2 N–H and O–H groups in total. The number of carbonyl (C=O) groups excluding carboxylic acids is 1. The summed E-state index contributed by atoms with van der Waals surface area (Å²) in [4.78, 5) is 11.8. The van der Waals surface area contributed by atoms with Crippen LogP contribution in [0.1, 0.15) is 43.7 Å². The van der Waals surface area contributed by atoms with Crippen molar-refractivity contribution in [1.82, 2.24) is 10.0 Å². The van der Waals surface area contributed by atoms with E-state index in [0.717, 1.165) is 10.4 Å². The Labute approximate surface area is 153 Å². The second kappa shape index (κ2) is 8.60. The van der Waals surface area contributed by atoms with Crippen LogP contribution in [0.5, 0.6) is 0 Å². The zero-order valence-electron chi connectivity index (χ0n) is 14.7. The first-order chi connectivity index (χ1) is 11.8. The highest BCUT2D eigenvalue weighted by Crippen LogP contribution is 2.27. The maximum absolute atomic E-state index is 12.8. The lowest BCUT2D eigenvalue weighted by atomic mass is 9.98. The molecule has 0 aliphatic rings. The average molecular weight is 381 g/mol. The second-order valence-corrected chi connectivity index (χ2v) is 9.45. The lowest BCUT2D eigenvalue weighted by Gasteiger charge is -2.20. The summed E-state index contributed by atoms with van der Waals surface area (Å²) in [5, 5.41) is 2.68. The number of benzene rings is 1. The molecule has 0 aliphatic carbocycles. The van der Waals surface area contributed by atoms with Crippen molar-refractivity contribution in [3.8, 4) is 0 Å². The van der Waals surface area contributed by atoms with Gasteiger partial charge in [0.1, 0.15) is 4.21 Å². The molecule has 1 aromatic carbocycles. The lowest BCUT2D eigenvalue weighted by molar-refractivity contribution is -0.119. The Balaban J connectivity index is 2.18. The Morgan fingerprint density at radius 3 is 2.40 bits per heavy atom. The van der Waals surface area contributed by atoms with Crippen molar-refractivity contribution < 1.29 is 13.2 Å². The number of carbonyl (C=O) groups is 1. The highest BCUT2D eigenvalue weighted by Gasteiger charge is 2.23. The van der Waals surface area contributed by atoms with E-state index in [0.29, 0.717) is 18.9 Å². The fourth-order valence-electron chi connectivity index (χ4n) is 2.46. The zero-order chi connectivity index (χ0) is 18.4. The minimum Gasteiger partial charge on any atom is -0.351 e. The molecule has 0 fully saturated rings. The smallest absolute Gasteiger partial charge is 0.250 e. The predicted octanol–water partition coefficient (Wildman–Crippen LogP) is 3.45. The number of hydrogen-bond acceptors (Lipinski definition) is 4. The van der Waals surface area contributed by atoms with Gasteiger partial charge in [-0.2, -0.15) is 0 Å². The van der Waals surface area contributed by atoms with Crippen LogP contribution in [-0.2, 0) is 21.4 Å². The molecule has 0 aliphatic heterocycles. The molecule has 0 radical (unpaired) electrons. The topological polar surface area (TPSA) is 75.3 Å². The number of hydrogen-bond donors (Lipinski definition) is 2. The van der Waals surface area contributed by atoms with E-state index >= 15 is 0 Å². The first-order valence-electron chi connectivity index (χ1n) is 8.18.